The summed E-state index contributed by atoms with van der Waals surface area (Å²) in [5.41, 5.74) is 7.23. The van der Waals surface area contributed by atoms with Crippen molar-refractivity contribution in [2.24, 2.45) is 5.73 Å². The molecular weight excluding hydrogens is 210 g/mol. The van der Waals surface area contributed by atoms with Gasteiger partial charge in [0, 0.05) is 5.41 Å². The fraction of sp³-hybridized carbons (Fsp3) is 0.727. The van der Waals surface area contributed by atoms with Crippen LogP contribution in [0.1, 0.15) is 51.3 Å². The van der Waals surface area contributed by atoms with E-state index in [1.54, 1.807) is 0 Å². The fourth-order valence-electron chi connectivity index (χ4n) is 2.16. The molecule has 1 aromatic heterocycles. The van der Waals surface area contributed by atoms with E-state index in [-0.39, 0.29) is 11.6 Å². The van der Waals surface area contributed by atoms with Crippen LogP contribution in [0.4, 0.5) is 0 Å². The maximum Gasteiger partial charge on any atom is 0.150 e. The fourth-order valence-corrected chi connectivity index (χ4v) is 2.42. The van der Waals surface area contributed by atoms with E-state index < -0.39 is 0 Å². The minimum absolute atomic E-state index is 0.00313. The lowest BCUT2D eigenvalue weighted by Gasteiger charge is -2.28. The first-order chi connectivity index (χ1) is 6.91. The molecule has 0 amide bonds. The van der Waals surface area contributed by atoms with Crippen molar-refractivity contribution in [1.82, 2.24) is 9.55 Å². The molecule has 1 unspecified atom stereocenters. The molecule has 1 aromatic rings. The van der Waals surface area contributed by atoms with E-state index >= 15 is 0 Å². The molecule has 0 saturated carbocycles. The number of rotatable bonds is 0. The summed E-state index contributed by atoms with van der Waals surface area (Å²) < 4.78 is 2.13. The van der Waals surface area contributed by atoms with Crippen molar-refractivity contribution in [2.45, 2.75) is 51.6 Å². The number of aromatic nitrogens is 2. The van der Waals surface area contributed by atoms with Gasteiger partial charge in [-0.1, -0.05) is 32.4 Å². The maximum atomic E-state index is 6.15. The Morgan fingerprint density at radius 2 is 2.13 bits per heavy atom. The first-order valence-electron chi connectivity index (χ1n) is 5.44. The normalized spacial score (nSPS) is 21.5. The van der Waals surface area contributed by atoms with Crippen LogP contribution >= 0.6 is 11.6 Å². The lowest BCUT2D eigenvalue weighted by molar-refractivity contribution is 0.373. The predicted octanol–water partition coefficient (Wildman–Crippen LogP) is 2.63. The smallest absolute Gasteiger partial charge is 0.150 e. The summed E-state index contributed by atoms with van der Waals surface area (Å²) in [6.45, 7) is 6.42. The van der Waals surface area contributed by atoms with Crippen LogP contribution in [-0.4, -0.2) is 9.55 Å². The van der Waals surface area contributed by atoms with Crippen LogP contribution in [0.3, 0.4) is 0 Å². The minimum Gasteiger partial charge on any atom is -0.314 e. The van der Waals surface area contributed by atoms with Crippen molar-refractivity contribution in [1.29, 1.82) is 0 Å². The maximum absolute atomic E-state index is 6.15. The van der Waals surface area contributed by atoms with Crippen LogP contribution in [0.15, 0.2) is 0 Å². The molecule has 0 spiro atoms. The van der Waals surface area contributed by atoms with Gasteiger partial charge in [0.2, 0.25) is 0 Å². The molecule has 2 rings (SSSR count). The lowest BCUT2D eigenvalue weighted by atomic mass is 9.95. The molecule has 0 bridgehead atoms. The third-order valence-corrected chi connectivity index (χ3v) is 3.18. The zero-order valence-electron chi connectivity index (χ0n) is 9.55. The van der Waals surface area contributed by atoms with E-state index in [1.807, 2.05) is 0 Å². The van der Waals surface area contributed by atoms with Crippen molar-refractivity contribution in [3.05, 3.63) is 16.7 Å². The van der Waals surface area contributed by atoms with E-state index in [0.717, 1.165) is 30.8 Å². The number of hydrogen-bond acceptors (Lipinski definition) is 2. The molecule has 0 radical (unpaired) electrons. The first-order valence-corrected chi connectivity index (χ1v) is 5.81. The third-order valence-electron chi connectivity index (χ3n) is 2.88. The summed E-state index contributed by atoms with van der Waals surface area (Å²) in [7, 11) is 0. The number of halogens is 1. The summed E-state index contributed by atoms with van der Waals surface area (Å²) in [6.07, 6.45) is 3.16. The molecule has 1 aliphatic rings. The average Bonchev–Trinajstić information content (AvgIpc) is 2.45. The largest absolute Gasteiger partial charge is 0.314 e. The number of nitrogens with two attached hydrogens (primary N) is 1. The van der Waals surface area contributed by atoms with Crippen LogP contribution in [0.25, 0.3) is 0 Å². The molecule has 1 atom stereocenters. The molecule has 84 valence electrons. The highest BCUT2D eigenvalue weighted by Gasteiger charge is 2.29. The molecule has 2 N–H and O–H groups in total. The molecule has 0 aromatic carbocycles. The Morgan fingerprint density at radius 3 is 2.73 bits per heavy atom. The van der Waals surface area contributed by atoms with Gasteiger partial charge in [0.1, 0.15) is 5.82 Å². The molecule has 2 heterocycles. The molecule has 15 heavy (non-hydrogen) atoms. The van der Waals surface area contributed by atoms with Crippen molar-refractivity contribution < 1.29 is 0 Å². The van der Waals surface area contributed by atoms with Gasteiger partial charge in [0.25, 0.3) is 0 Å². The summed E-state index contributed by atoms with van der Waals surface area (Å²) in [5, 5.41) is 0.634. The van der Waals surface area contributed by atoms with Gasteiger partial charge in [-0.15, -0.1) is 0 Å². The van der Waals surface area contributed by atoms with Crippen molar-refractivity contribution in [3.8, 4) is 0 Å². The highest BCUT2D eigenvalue weighted by Crippen LogP contribution is 2.33. The van der Waals surface area contributed by atoms with E-state index in [9.17, 15) is 0 Å². The lowest BCUT2D eigenvalue weighted by Crippen LogP contribution is -2.30. The second-order valence-corrected chi connectivity index (χ2v) is 5.61. The van der Waals surface area contributed by atoms with Crippen molar-refractivity contribution >= 4 is 11.6 Å². The van der Waals surface area contributed by atoms with Gasteiger partial charge in [0.15, 0.2) is 5.15 Å². The number of fused-ring (bicyclic) bond motifs is 1. The van der Waals surface area contributed by atoms with Gasteiger partial charge < -0.3 is 10.3 Å². The average molecular weight is 228 g/mol. The summed E-state index contributed by atoms with van der Waals surface area (Å²) in [4.78, 5) is 4.46. The van der Waals surface area contributed by atoms with E-state index in [0.29, 0.717) is 5.15 Å². The Kier molecular flexibility index (Phi) is 2.55. The van der Waals surface area contributed by atoms with Crippen LogP contribution < -0.4 is 5.73 Å². The topological polar surface area (TPSA) is 43.8 Å². The standard InChI is InChI=1S/C11H18ClN3/c1-11(2,3)10-14-9(12)7-5-4-6-8(13)15(7)10/h8H,4-6,13H2,1-3H3. The van der Waals surface area contributed by atoms with E-state index in [4.69, 9.17) is 17.3 Å². The SMILES string of the molecule is CC(C)(C)c1nc(Cl)c2n1C(N)CCC2. The number of nitrogens with zero attached hydrogens (tertiary/aromatic N) is 2. The molecular formula is C11H18ClN3. The third kappa shape index (κ3) is 1.79. The zero-order valence-corrected chi connectivity index (χ0v) is 10.3. The Labute approximate surface area is 95.6 Å². The van der Waals surface area contributed by atoms with Crippen molar-refractivity contribution in [2.75, 3.05) is 0 Å². The summed E-state index contributed by atoms with van der Waals surface area (Å²) >= 11 is 6.15. The molecule has 4 heteroatoms. The first kappa shape index (κ1) is 11.0. The molecule has 3 nitrogen and oxygen atoms in total. The van der Waals surface area contributed by atoms with Crippen LogP contribution in [0.2, 0.25) is 5.15 Å². The minimum atomic E-state index is -0.00313. The Morgan fingerprint density at radius 1 is 1.47 bits per heavy atom. The highest BCUT2D eigenvalue weighted by atomic mass is 35.5. The number of imidazole rings is 1. The van der Waals surface area contributed by atoms with Gasteiger partial charge in [0.05, 0.1) is 11.9 Å². The van der Waals surface area contributed by atoms with Gasteiger partial charge in [-0.3, -0.25) is 0 Å². The monoisotopic (exact) mass is 227 g/mol. The molecule has 0 aliphatic carbocycles. The van der Waals surface area contributed by atoms with Crippen LogP contribution in [0, 0.1) is 0 Å². The molecule has 0 saturated heterocycles. The molecule has 0 fully saturated rings. The van der Waals surface area contributed by atoms with Gasteiger partial charge in [-0.2, -0.15) is 0 Å². The van der Waals surface area contributed by atoms with Gasteiger partial charge in [-0.05, 0) is 19.3 Å². The quantitative estimate of drug-likeness (QED) is 0.741. The Bertz CT molecular complexity index is 376. The van der Waals surface area contributed by atoms with E-state index in [2.05, 4.69) is 30.3 Å². The molecule has 1 aliphatic heterocycles. The highest BCUT2D eigenvalue weighted by molar-refractivity contribution is 6.30. The summed E-state index contributed by atoms with van der Waals surface area (Å²) in [5.74, 6) is 1.01. The summed E-state index contributed by atoms with van der Waals surface area (Å²) in [6, 6.07) is 0. The van der Waals surface area contributed by atoms with Gasteiger partial charge in [-0.25, -0.2) is 4.98 Å². The van der Waals surface area contributed by atoms with E-state index in [1.165, 1.54) is 0 Å². The van der Waals surface area contributed by atoms with Gasteiger partial charge >= 0.3 is 0 Å². The predicted molar refractivity (Wildman–Crippen MR) is 62.1 cm³/mol. The zero-order chi connectivity index (χ0) is 11.2. The Balaban J connectivity index is 2.58. The van der Waals surface area contributed by atoms with Crippen molar-refractivity contribution in [3.63, 3.8) is 0 Å². The second kappa shape index (κ2) is 3.49. The van der Waals surface area contributed by atoms with Crippen LogP contribution in [0.5, 0.6) is 0 Å². The number of hydrogen-bond donors (Lipinski definition) is 1. The second-order valence-electron chi connectivity index (χ2n) is 5.25. The van der Waals surface area contributed by atoms with Crippen LogP contribution in [-0.2, 0) is 11.8 Å². The Hall–Kier alpha value is -0.540.